The highest BCUT2D eigenvalue weighted by Gasteiger charge is 2.24. The topological polar surface area (TPSA) is 27.6 Å². The quantitative estimate of drug-likeness (QED) is 0.460. The van der Waals surface area contributed by atoms with Crippen LogP contribution in [0.5, 0.6) is 0 Å². The van der Waals surface area contributed by atoms with Crippen molar-refractivity contribution in [2.75, 3.05) is 32.4 Å². The Morgan fingerprint density at radius 3 is 2.56 bits per heavy atom. The van der Waals surface area contributed by atoms with Gasteiger partial charge in [-0.25, -0.2) is 0 Å². The van der Waals surface area contributed by atoms with Gasteiger partial charge in [-0.05, 0) is 11.8 Å². The Bertz CT molecular complexity index is 257. The summed E-state index contributed by atoms with van der Waals surface area (Å²) in [6, 6.07) is 0. The van der Waals surface area contributed by atoms with Crippen molar-refractivity contribution in [1.82, 2.24) is 10.2 Å². The molecule has 0 aromatic rings. The van der Waals surface area contributed by atoms with Crippen LogP contribution in [0.2, 0.25) is 0 Å². The van der Waals surface area contributed by atoms with Crippen LogP contribution in [0.1, 0.15) is 27.7 Å². The van der Waals surface area contributed by atoms with Crippen molar-refractivity contribution in [3.63, 3.8) is 0 Å². The van der Waals surface area contributed by atoms with Gasteiger partial charge in [-0.3, -0.25) is 4.99 Å². The molecule has 1 aliphatic rings. The van der Waals surface area contributed by atoms with E-state index in [1.165, 1.54) is 5.75 Å². The summed E-state index contributed by atoms with van der Waals surface area (Å²) in [5.74, 6) is 3.69. The molecule has 108 valence electrons. The molecule has 1 unspecified atom stereocenters. The summed E-state index contributed by atoms with van der Waals surface area (Å²) in [5.41, 5.74) is 0. The van der Waals surface area contributed by atoms with Gasteiger partial charge in [-0.15, -0.1) is 24.0 Å². The van der Waals surface area contributed by atoms with E-state index in [4.69, 9.17) is 0 Å². The number of rotatable bonds is 3. The first kappa shape index (κ1) is 18.4. The molecule has 1 rings (SSSR count). The van der Waals surface area contributed by atoms with E-state index in [0.717, 1.165) is 36.8 Å². The molecule has 0 radical (unpaired) electrons. The van der Waals surface area contributed by atoms with Gasteiger partial charge in [-0.1, -0.05) is 27.7 Å². The van der Waals surface area contributed by atoms with E-state index in [-0.39, 0.29) is 24.0 Å². The van der Waals surface area contributed by atoms with Crippen LogP contribution in [0.4, 0.5) is 0 Å². The molecule has 0 spiro atoms. The van der Waals surface area contributed by atoms with Crippen LogP contribution in [0.15, 0.2) is 4.99 Å². The molecular formula is C13H28IN3S. The summed E-state index contributed by atoms with van der Waals surface area (Å²) in [4.78, 5) is 6.81. The third-order valence-electron chi connectivity index (χ3n) is 3.02. The minimum atomic E-state index is 0. The van der Waals surface area contributed by atoms with Gasteiger partial charge in [0.15, 0.2) is 5.96 Å². The maximum absolute atomic E-state index is 4.40. The molecule has 1 heterocycles. The fourth-order valence-corrected chi connectivity index (χ4v) is 3.20. The second-order valence-corrected chi connectivity index (χ2v) is 6.77. The van der Waals surface area contributed by atoms with E-state index < -0.39 is 0 Å². The van der Waals surface area contributed by atoms with E-state index in [2.05, 4.69) is 54.7 Å². The Kier molecular flexibility index (Phi) is 9.47. The lowest BCUT2D eigenvalue weighted by atomic mass is 10.1. The van der Waals surface area contributed by atoms with Gasteiger partial charge < -0.3 is 10.2 Å². The van der Waals surface area contributed by atoms with Gasteiger partial charge in [0.25, 0.3) is 0 Å². The Morgan fingerprint density at radius 1 is 1.39 bits per heavy atom. The maximum atomic E-state index is 4.40. The molecule has 1 N–H and O–H groups in total. The predicted octanol–water partition coefficient (Wildman–Crippen LogP) is 2.91. The van der Waals surface area contributed by atoms with E-state index in [0.29, 0.717) is 5.92 Å². The maximum Gasteiger partial charge on any atom is 0.193 e. The molecule has 1 aliphatic heterocycles. The summed E-state index contributed by atoms with van der Waals surface area (Å²) in [5, 5.41) is 4.20. The highest BCUT2D eigenvalue weighted by molar-refractivity contribution is 14.0. The van der Waals surface area contributed by atoms with Crippen LogP contribution in [0.3, 0.4) is 0 Å². The zero-order valence-corrected chi connectivity index (χ0v) is 15.4. The number of halogens is 1. The van der Waals surface area contributed by atoms with Crippen LogP contribution in [-0.2, 0) is 0 Å². The predicted molar refractivity (Wildman–Crippen MR) is 94.3 cm³/mol. The summed E-state index contributed by atoms with van der Waals surface area (Å²) in [6.07, 6.45) is 0. The first-order valence-corrected chi connectivity index (χ1v) is 7.66. The zero-order chi connectivity index (χ0) is 12.8. The lowest BCUT2D eigenvalue weighted by molar-refractivity contribution is 0.378. The molecule has 0 amide bonds. The summed E-state index contributed by atoms with van der Waals surface area (Å²) < 4.78 is 0. The highest BCUT2D eigenvalue weighted by atomic mass is 127. The average molecular weight is 385 g/mol. The van der Waals surface area contributed by atoms with Gasteiger partial charge in [0.2, 0.25) is 0 Å². The summed E-state index contributed by atoms with van der Waals surface area (Å²) >= 11 is 2.10. The molecule has 0 aromatic heterocycles. The van der Waals surface area contributed by atoms with Crippen molar-refractivity contribution < 1.29 is 0 Å². The first-order chi connectivity index (χ1) is 8.04. The number of nitrogens with one attached hydrogen (secondary N) is 1. The molecule has 5 heteroatoms. The lowest BCUT2D eigenvalue weighted by Gasteiger charge is -2.36. The minimum Gasteiger partial charge on any atom is -0.356 e. The molecule has 1 saturated heterocycles. The van der Waals surface area contributed by atoms with Gasteiger partial charge >= 0.3 is 0 Å². The molecule has 1 fully saturated rings. The number of nitrogens with zero attached hydrogens (tertiary/aromatic N) is 2. The second-order valence-electron chi connectivity index (χ2n) is 5.42. The molecule has 0 aromatic carbocycles. The van der Waals surface area contributed by atoms with E-state index in [1.54, 1.807) is 0 Å². The van der Waals surface area contributed by atoms with Crippen LogP contribution >= 0.6 is 35.7 Å². The first-order valence-electron chi connectivity index (χ1n) is 6.61. The fraction of sp³-hybridized carbons (Fsp3) is 0.923. The van der Waals surface area contributed by atoms with Gasteiger partial charge in [-0.2, -0.15) is 11.8 Å². The number of thioether (sulfide) groups is 1. The molecule has 0 aliphatic carbocycles. The van der Waals surface area contributed by atoms with Crippen LogP contribution in [0, 0.1) is 11.8 Å². The third-order valence-corrected chi connectivity index (χ3v) is 4.56. The van der Waals surface area contributed by atoms with E-state index >= 15 is 0 Å². The highest BCUT2D eigenvalue weighted by Crippen LogP contribution is 2.24. The normalized spacial score (nSPS) is 21.2. The molecule has 1 atom stereocenters. The molecule has 3 nitrogen and oxygen atoms in total. The van der Waals surface area contributed by atoms with Gasteiger partial charge in [0, 0.05) is 37.7 Å². The van der Waals surface area contributed by atoms with Crippen molar-refractivity contribution >= 4 is 41.7 Å². The van der Waals surface area contributed by atoms with Crippen molar-refractivity contribution in [3.05, 3.63) is 0 Å². The smallest absolute Gasteiger partial charge is 0.193 e. The monoisotopic (exact) mass is 385 g/mol. The van der Waals surface area contributed by atoms with Crippen molar-refractivity contribution in [2.24, 2.45) is 16.8 Å². The Morgan fingerprint density at radius 2 is 2.06 bits per heavy atom. The molecule has 0 bridgehead atoms. The average Bonchev–Trinajstić information content (AvgIpc) is 2.30. The second kappa shape index (κ2) is 9.28. The third kappa shape index (κ3) is 5.99. The summed E-state index contributed by atoms with van der Waals surface area (Å²) in [6.45, 7) is 12.3. The Labute approximate surface area is 134 Å². The zero-order valence-electron chi connectivity index (χ0n) is 12.3. The van der Waals surface area contributed by atoms with Gasteiger partial charge in [0.1, 0.15) is 0 Å². The fourth-order valence-electron chi connectivity index (χ4n) is 1.90. The SMILES string of the molecule is CN=C(NCC(C)C)N1CCSC(C(C)C)C1.I. The van der Waals surface area contributed by atoms with Gasteiger partial charge in [0.05, 0.1) is 0 Å². The Hall–Kier alpha value is 0.350. The minimum absolute atomic E-state index is 0. The van der Waals surface area contributed by atoms with E-state index in [9.17, 15) is 0 Å². The molecular weight excluding hydrogens is 357 g/mol. The van der Waals surface area contributed by atoms with Crippen molar-refractivity contribution in [3.8, 4) is 0 Å². The molecule has 18 heavy (non-hydrogen) atoms. The molecule has 0 saturated carbocycles. The van der Waals surface area contributed by atoms with Crippen LogP contribution in [-0.4, -0.2) is 48.5 Å². The Balaban J connectivity index is 0.00000289. The van der Waals surface area contributed by atoms with Crippen LogP contribution < -0.4 is 5.32 Å². The number of hydrogen-bond acceptors (Lipinski definition) is 2. The largest absolute Gasteiger partial charge is 0.356 e. The summed E-state index contributed by atoms with van der Waals surface area (Å²) in [7, 11) is 1.88. The number of guanidine groups is 1. The number of aliphatic imine (C=N–C) groups is 1. The lowest BCUT2D eigenvalue weighted by Crippen LogP contribution is -2.49. The standard InChI is InChI=1S/C13H27N3S.HI/c1-10(2)8-15-13(14-5)16-6-7-17-12(9-16)11(3)4;/h10-12H,6-9H2,1-5H3,(H,14,15);1H. The van der Waals surface area contributed by atoms with Crippen molar-refractivity contribution in [1.29, 1.82) is 0 Å². The van der Waals surface area contributed by atoms with Crippen molar-refractivity contribution in [2.45, 2.75) is 32.9 Å². The van der Waals surface area contributed by atoms with Crippen LogP contribution in [0.25, 0.3) is 0 Å². The van der Waals surface area contributed by atoms with E-state index in [1.807, 2.05) is 7.05 Å². The number of hydrogen-bond donors (Lipinski definition) is 1.